The Balaban J connectivity index is 2.25. The molecule has 2 rings (SSSR count). The number of rotatable bonds is 5. The predicted molar refractivity (Wildman–Crippen MR) is 81.7 cm³/mol. The summed E-state index contributed by atoms with van der Waals surface area (Å²) >= 11 is 1.67. The second kappa shape index (κ2) is 6.20. The number of esters is 1. The van der Waals surface area contributed by atoms with Gasteiger partial charge in [-0.1, -0.05) is 35.9 Å². The topological polar surface area (TPSA) is 38.3 Å². The lowest BCUT2D eigenvalue weighted by Crippen LogP contribution is -2.46. The van der Waals surface area contributed by atoms with Crippen LogP contribution in [0.2, 0.25) is 0 Å². The molecule has 1 aromatic carbocycles. The van der Waals surface area contributed by atoms with Crippen LogP contribution in [0.1, 0.15) is 22.9 Å². The van der Waals surface area contributed by atoms with Crippen molar-refractivity contribution in [1.29, 1.82) is 0 Å². The SMILES string of the molecule is COC(=O)C(C)(NCc1cccs1)c1ccc(C)cc1. The standard InChI is InChI=1S/C16H19NO2S/c1-12-6-8-13(9-7-12)16(2,15(18)19-3)17-11-14-5-4-10-20-14/h4-10,17H,11H2,1-3H3. The molecule has 1 aromatic heterocycles. The summed E-state index contributed by atoms with van der Waals surface area (Å²) in [6, 6.07) is 12.0. The molecule has 4 heteroatoms. The van der Waals surface area contributed by atoms with Gasteiger partial charge in [0.2, 0.25) is 0 Å². The Morgan fingerprint density at radius 3 is 2.55 bits per heavy atom. The Bertz CT molecular complexity index is 563. The van der Waals surface area contributed by atoms with Crippen LogP contribution < -0.4 is 5.32 Å². The lowest BCUT2D eigenvalue weighted by atomic mass is 9.91. The molecule has 1 unspecified atom stereocenters. The molecule has 0 fully saturated rings. The summed E-state index contributed by atoms with van der Waals surface area (Å²) in [5.41, 5.74) is 1.23. The molecule has 0 aliphatic rings. The third kappa shape index (κ3) is 3.08. The lowest BCUT2D eigenvalue weighted by molar-refractivity contribution is -0.148. The zero-order chi connectivity index (χ0) is 14.6. The zero-order valence-electron chi connectivity index (χ0n) is 12.0. The number of carbonyl (C=O) groups excluding carboxylic acids is 1. The van der Waals surface area contributed by atoms with Gasteiger partial charge in [-0.25, -0.2) is 4.79 Å². The molecule has 0 bridgehead atoms. The molecular weight excluding hydrogens is 270 g/mol. The number of thiophene rings is 1. The summed E-state index contributed by atoms with van der Waals surface area (Å²) in [5, 5.41) is 5.35. The van der Waals surface area contributed by atoms with Crippen LogP contribution in [0.3, 0.4) is 0 Å². The van der Waals surface area contributed by atoms with Crippen molar-refractivity contribution in [2.24, 2.45) is 0 Å². The molecular formula is C16H19NO2S. The van der Waals surface area contributed by atoms with Crippen molar-refractivity contribution >= 4 is 17.3 Å². The van der Waals surface area contributed by atoms with Crippen LogP contribution in [0.25, 0.3) is 0 Å². The normalized spacial score (nSPS) is 13.8. The van der Waals surface area contributed by atoms with Gasteiger partial charge in [0.1, 0.15) is 5.54 Å². The smallest absolute Gasteiger partial charge is 0.330 e. The van der Waals surface area contributed by atoms with Crippen molar-refractivity contribution in [2.75, 3.05) is 7.11 Å². The predicted octanol–water partition coefficient (Wildman–Crippen LogP) is 3.23. The molecule has 0 aliphatic heterocycles. The largest absolute Gasteiger partial charge is 0.467 e. The molecule has 0 saturated carbocycles. The van der Waals surface area contributed by atoms with E-state index in [9.17, 15) is 4.79 Å². The summed E-state index contributed by atoms with van der Waals surface area (Å²) in [5.74, 6) is -0.280. The van der Waals surface area contributed by atoms with E-state index in [-0.39, 0.29) is 5.97 Å². The van der Waals surface area contributed by atoms with Gasteiger partial charge in [-0.05, 0) is 30.9 Å². The Labute approximate surface area is 123 Å². The number of benzene rings is 1. The minimum atomic E-state index is -0.841. The molecule has 106 valence electrons. The highest BCUT2D eigenvalue weighted by molar-refractivity contribution is 7.09. The van der Waals surface area contributed by atoms with Crippen LogP contribution in [0.15, 0.2) is 41.8 Å². The summed E-state index contributed by atoms with van der Waals surface area (Å²) < 4.78 is 4.97. The van der Waals surface area contributed by atoms with Crippen molar-refractivity contribution in [3.63, 3.8) is 0 Å². The minimum absolute atomic E-state index is 0.280. The Morgan fingerprint density at radius 1 is 1.30 bits per heavy atom. The fourth-order valence-corrected chi connectivity index (χ4v) is 2.70. The summed E-state index contributed by atoms with van der Waals surface area (Å²) in [6.07, 6.45) is 0. The average molecular weight is 289 g/mol. The van der Waals surface area contributed by atoms with Gasteiger partial charge in [0.25, 0.3) is 0 Å². The van der Waals surface area contributed by atoms with Crippen molar-refractivity contribution in [1.82, 2.24) is 5.32 Å². The van der Waals surface area contributed by atoms with E-state index in [2.05, 4.69) is 5.32 Å². The van der Waals surface area contributed by atoms with Crippen LogP contribution in [0.5, 0.6) is 0 Å². The highest BCUT2D eigenvalue weighted by Gasteiger charge is 2.35. The van der Waals surface area contributed by atoms with E-state index >= 15 is 0 Å². The van der Waals surface area contributed by atoms with E-state index in [1.807, 2.05) is 55.6 Å². The zero-order valence-corrected chi connectivity index (χ0v) is 12.8. The minimum Gasteiger partial charge on any atom is -0.467 e. The van der Waals surface area contributed by atoms with Gasteiger partial charge >= 0.3 is 5.97 Å². The van der Waals surface area contributed by atoms with Crippen molar-refractivity contribution in [3.05, 3.63) is 57.8 Å². The maximum Gasteiger partial charge on any atom is 0.330 e. The Kier molecular flexibility index (Phi) is 4.57. The van der Waals surface area contributed by atoms with Crippen LogP contribution in [-0.4, -0.2) is 13.1 Å². The summed E-state index contributed by atoms with van der Waals surface area (Å²) in [7, 11) is 1.42. The van der Waals surface area contributed by atoms with Gasteiger partial charge in [-0.2, -0.15) is 0 Å². The molecule has 20 heavy (non-hydrogen) atoms. The van der Waals surface area contributed by atoms with E-state index in [1.165, 1.54) is 17.6 Å². The van der Waals surface area contributed by atoms with E-state index in [0.717, 1.165) is 5.56 Å². The molecule has 0 aliphatic carbocycles. The van der Waals surface area contributed by atoms with Gasteiger partial charge in [-0.3, -0.25) is 5.32 Å². The quantitative estimate of drug-likeness (QED) is 0.859. The Hall–Kier alpha value is -1.65. The monoisotopic (exact) mass is 289 g/mol. The third-order valence-corrected chi connectivity index (χ3v) is 4.30. The summed E-state index contributed by atoms with van der Waals surface area (Å²) in [4.78, 5) is 13.4. The van der Waals surface area contributed by atoms with Crippen LogP contribution in [0, 0.1) is 6.92 Å². The van der Waals surface area contributed by atoms with Gasteiger partial charge in [0.15, 0.2) is 0 Å². The fourth-order valence-electron chi connectivity index (χ4n) is 2.06. The van der Waals surface area contributed by atoms with Crippen LogP contribution >= 0.6 is 11.3 Å². The molecule has 0 radical (unpaired) electrons. The molecule has 0 spiro atoms. The van der Waals surface area contributed by atoms with Crippen molar-refractivity contribution in [2.45, 2.75) is 25.9 Å². The van der Waals surface area contributed by atoms with E-state index in [1.54, 1.807) is 11.3 Å². The van der Waals surface area contributed by atoms with Gasteiger partial charge in [-0.15, -0.1) is 11.3 Å². The number of hydrogen-bond donors (Lipinski definition) is 1. The fraction of sp³-hybridized carbons (Fsp3) is 0.312. The molecule has 0 saturated heterocycles. The van der Waals surface area contributed by atoms with Crippen molar-refractivity contribution in [3.8, 4) is 0 Å². The molecule has 0 amide bonds. The lowest BCUT2D eigenvalue weighted by Gasteiger charge is -2.28. The Morgan fingerprint density at radius 2 is 2.00 bits per heavy atom. The number of nitrogens with one attached hydrogen (secondary N) is 1. The first-order chi connectivity index (χ1) is 9.56. The van der Waals surface area contributed by atoms with Crippen molar-refractivity contribution < 1.29 is 9.53 Å². The molecule has 1 heterocycles. The first-order valence-electron chi connectivity index (χ1n) is 6.49. The van der Waals surface area contributed by atoms with Gasteiger partial charge in [0.05, 0.1) is 7.11 Å². The van der Waals surface area contributed by atoms with Crippen LogP contribution in [-0.2, 0) is 21.6 Å². The first-order valence-corrected chi connectivity index (χ1v) is 7.37. The first kappa shape index (κ1) is 14.8. The van der Waals surface area contributed by atoms with E-state index < -0.39 is 5.54 Å². The van der Waals surface area contributed by atoms with E-state index in [4.69, 9.17) is 4.74 Å². The molecule has 2 aromatic rings. The highest BCUT2D eigenvalue weighted by atomic mass is 32.1. The van der Waals surface area contributed by atoms with Gasteiger partial charge in [0, 0.05) is 11.4 Å². The number of hydrogen-bond acceptors (Lipinski definition) is 4. The molecule has 3 nitrogen and oxygen atoms in total. The third-order valence-electron chi connectivity index (χ3n) is 3.42. The average Bonchev–Trinajstić information content (AvgIpc) is 2.98. The summed E-state index contributed by atoms with van der Waals surface area (Å²) in [6.45, 7) is 4.52. The molecule has 1 N–H and O–H groups in total. The number of aryl methyl sites for hydroxylation is 1. The van der Waals surface area contributed by atoms with E-state index in [0.29, 0.717) is 6.54 Å². The van der Waals surface area contributed by atoms with Crippen LogP contribution in [0.4, 0.5) is 0 Å². The maximum atomic E-state index is 12.2. The highest BCUT2D eigenvalue weighted by Crippen LogP contribution is 2.24. The van der Waals surface area contributed by atoms with Gasteiger partial charge < -0.3 is 4.74 Å². The molecule has 1 atom stereocenters. The number of carbonyl (C=O) groups is 1. The second-order valence-electron chi connectivity index (χ2n) is 4.92. The maximum absolute atomic E-state index is 12.2. The number of methoxy groups -OCH3 is 1. The second-order valence-corrected chi connectivity index (χ2v) is 5.95. The number of ether oxygens (including phenoxy) is 1.